The van der Waals surface area contributed by atoms with Crippen molar-refractivity contribution in [2.45, 2.75) is 44.3 Å². The van der Waals surface area contributed by atoms with Crippen molar-refractivity contribution in [3.05, 3.63) is 11.7 Å². The molecule has 2 atom stereocenters. The minimum Gasteiger partial charge on any atom is -0.481 e. The number of thioether (sulfide) groups is 1. The molecule has 1 aliphatic rings. The fraction of sp³-hybridized carbons (Fsp3) is 0.750. The van der Waals surface area contributed by atoms with E-state index < -0.39 is 5.97 Å². The maximum Gasteiger partial charge on any atom is 0.313 e. The lowest BCUT2D eigenvalue weighted by Crippen LogP contribution is -2.12. The summed E-state index contributed by atoms with van der Waals surface area (Å²) in [5.41, 5.74) is 0. The van der Waals surface area contributed by atoms with E-state index in [-0.39, 0.29) is 5.75 Å². The van der Waals surface area contributed by atoms with Gasteiger partial charge in [-0.3, -0.25) is 4.79 Å². The molecule has 1 aliphatic carbocycles. The summed E-state index contributed by atoms with van der Waals surface area (Å²) >= 11 is 1.28. The molecule has 0 spiro atoms. The highest BCUT2D eigenvalue weighted by atomic mass is 32.2. The number of carboxylic acids is 1. The van der Waals surface area contributed by atoms with Gasteiger partial charge < -0.3 is 9.63 Å². The van der Waals surface area contributed by atoms with E-state index in [9.17, 15) is 4.79 Å². The van der Waals surface area contributed by atoms with Crippen LogP contribution in [0.1, 0.15) is 50.2 Å². The van der Waals surface area contributed by atoms with Crippen molar-refractivity contribution in [3.63, 3.8) is 0 Å². The lowest BCUT2D eigenvalue weighted by molar-refractivity contribution is -0.133. The standard InChI is InChI=1S/C12H18N2O3S/c1-8-3-2-4-9(5-8)12-13-10(17-14-12)6-18-7-11(15)16/h8-9H,2-7H2,1H3,(H,15,16). The number of aromatic nitrogens is 2. The van der Waals surface area contributed by atoms with Crippen molar-refractivity contribution >= 4 is 17.7 Å². The van der Waals surface area contributed by atoms with Crippen molar-refractivity contribution in [2.75, 3.05) is 5.75 Å². The van der Waals surface area contributed by atoms with Crippen LogP contribution in [0.15, 0.2) is 4.52 Å². The van der Waals surface area contributed by atoms with Gasteiger partial charge in [0.25, 0.3) is 0 Å². The van der Waals surface area contributed by atoms with Crippen LogP contribution in [0.4, 0.5) is 0 Å². The summed E-state index contributed by atoms with van der Waals surface area (Å²) in [5.74, 6) is 2.20. The fourth-order valence-corrected chi connectivity index (χ4v) is 2.96. The van der Waals surface area contributed by atoms with E-state index in [4.69, 9.17) is 9.63 Å². The van der Waals surface area contributed by atoms with E-state index in [2.05, 4.69) is 17.1 Å². The van der Waals surface area contributed by atoms with Crippen LogP contribution in [0, 0.1) is 5.92 Å². The van der Waals surface area contributed by atoms with Crippen molar-refractivity contribution in [1.29, 1.82) is 0 Å². The molecule has 1 heterocycles. The summed E-state index contributed by atoms with van der Waals surface area (Å²) in [6.45, 7) is 2.26. The molecule has 1 N–H and O–H groups in total. The smallest absolute Gasteiger partial charge is 0.313 e. The number of nitrogens with zero attached hydrogens (tertiary/aromatic N) is 2. The molecule has 18 heavy (non-hydrogen) atoms. The third-order valence-electron chi connectivity index (χ3n) is 3.24. The van der Waals surface area contributed by atoms with Crippen LogP contribution in [0.25, 0.3) is 0 Å². The summed E-state index contributed by atoms with van der Waals surface area (Å²) in [4.78, 5) is 14.8. The predicted octanol–water partition coefficient (Wildman–Crippen LogP) is 2.68. The maximum atomic E-state index is 10.4. The van der Waals surface area contributed by atoms with E-state index >= 15 is 0 Å². The van der Waals surface area contributed by atoms with E-state index in [1.807, 2.05) is 0 Å². The topological polar surface area (TPSA) is 76.2 Å². The van der Waals surface area contributed by atoms with Crippen LogP contribution in [0.3, 0.4) is 0 Å². The molecule has 1 aromatic rings. The van der Waals surface area contributed by atoms with Gasteiger partial charge in [-0.05, 0) is 18.8 Å². The minimum atomic E-state index is -0.819. The average Bonchev–Trinajstić information content (AvgIpc) is 2.77. The minimum absolute atomic E-state index is 0.0676. The Morgan fingerprint density at radius 2 is 2.39 bits per heavy atom. The Morgan fingerprint density at radius 3 is 3.11 bits per heavy atom. The number of carboxylic acid groups (broad SMARTS) is 1. The SMILES string of the molecule is CC1CCCC(c2noc(CSCC(=O)O)n2)C1. The van der Waals surface area contributed by atoms with E-state index in [0.29, 0.717) is 17.6 Å². The Balaban J connectivity index is 1.87. The first-order valence-electron chi connectivity index (χ1n) is 6.27. The maximum absolute atomic E-state index is 10.4. The Bertz CT molecular complexity index is 408. The summed E-state index contributed by atoms with van der Waals surface area (Å²) < 4.78 is 5.16. The zero-order chi connectivity index (χ0) is 13.0. The van der Waals surface area contributed by atoms with Crippen LogP contribution in [0.2, 0.25) is 0 Å². The van der Waals surface area contributed by atoms with Crippen LogP contribution < -0.4 is 0 Å². The molecule has 0 saturated heterocycles. The zero-order valence-electron chi connectivity index (χ0n) is 10.5. The Hall–Kier alpha value is -1.04. The molecule has 0 bridgehead atoms. The molecular formula is C12H18N2O3S. The molecule has 0 aromatic carbocycles. The first kappa shape index (κ1) is 13.4. The number of carbonyl (C=O) groups is 1. The van der Waals surface area contributed by atoms with E-state index in [0.717, 1.165) is 24.6 Å². The van der Waals surface area contributed by atoms with Crippen LogP contribution in [-0.2, 0) is 10.5 Å². The van der Waals surface area contributed by atoms with E-state index in [1.165, 1.54) is 24.6 Å². The van der Waals surface area contributed by atoms with Gasteiger partial charge in [-0.1, -0.05) is 24.9 Å². The van der Waals surface area contributed by atoms with E-state index in [1.54, 1.807) is 0 Å². The van der Waals surface area contributed by atoms with Gasteiger partial charge in [0.2, 0.25) is 5.89 Å². The highest BCUT2D eigenvalue weighted by Crippen LogP contribution is 2.34. The highest BCUT2D eigenvalue weighted by Gasteiger charge is 2.24. The molecule has 0 radical (unpaired) electrons. The van der Waals surface area contributed by atoms with Crippen LogP contribution in [0.5, 0.6) is 0 Å². The second-order valence-corrected chi connectivity index (χ2v) is 5.89. The van der Waals surface area contributed by atoms with Crippen molar-refractivity contribution in [2.24, 2.45) is 5.92 Å². The van der Waals surface area contributed by atoms with Crippen LogP contribution >= 0.6 is 11.8 Å². The number of hydrogen-bond donors (Lipinski definition) is 1. The molecule has 1 saturated carbocycles. The number of hydrogen-bond acceptors (Lipinski definition) is 5. The van der Waals surface area contributed by atoms with Gasteiger partial charge in [-0.15, -0.1) is 11.8 Å². The Morgan fingerprint density at radius 1 is 1.56 bits per heavy atom. The number of rotatable bonds is 5. The lowest BCUT2D eigenvalue weighted by Gasteiger charge is -2.23. The van der Waals surface area contributed by atoms with Crippen LogP contribution in [-0.4, -0.2) is 27.0 Å². The Kier molecular flexibility index (Phi) is 4.63. The first-order valence-corrected chi connectivity index (χ1v) is 7.42. The third kappa shape index (κ3) is 3.73. The van der Waals surface area contributed by atoms with Gasteiger partial charge in [-0.2, -0.15) is 4.98 Å². The van der Waals surface area contributed by atoms with Gasteiger partial charge >= 0.3 is 5.97 Å². The molecule has 1 fully saturated rings. The fourth-order valence-electron chi connectivity index (χ4n) is 2.39. The van der Waals surface area contributed by atoms with Crippen molar-refractivity contribution in [1.82, 2.24) is 10.1 Å². The second kappa shape index (κ2) is 6.22. The summed E-state index contributed by atoms with van der Waals surface area (Å²) in [6, 6.07) is 0. The highest BCUT2D eigenvalue weighted by molar-refractivity contribution is 7.99. The van der Waals surface area contributed by atoms with Gasteiger partial charge in [0.15, 0.2) is 5.82 Å². The predicted molar refractivity (Wildman–Crippen MR) is 68.5 cm³/mol. The molecule has 1 aromatic heterocycles. The summed E-state index contributed by atoms with van der Waals surface area (Å²) in [7, 11) is 0. The first-order chi connectivity index (χ1) is 8.65. The monoisotopic (exact) mass is 270 g/mol. The summed E-state index contributed by atoms with van der Waals surface area (Å²) in [5, 5.41) is 12.6. The van der Waals surface area contributed by atoms with Crippen molar-refractivity contribution < 1.29 is 14.4 Å². The Labute approximate surface area is 110 Å². The molecular weight excluding hydrogens is 252 g/mol. The average molecular weight is 270 g/mol. The normalized spacial score (nSPS) is 24.1. The summed E-state index contributed by atoms with van der Waals surface area (Å²) in [6.07, 6.45) is 4.77. The lowest BCUT2D eigenvalue weighted by atomic mass is 9.82. The van der Waals surface area contributed by atoms with Gasteiger partial charge in [-0.25, -0.2) is 0 Å². The molecule has 6 heteroatoms. The van der Waals surface area contributed by atoms with Gasteiger partial charge in [0, 0.05) is 5.92 Å². The number of aliphatic carboxylic acids is 1. The third-order valence-corrected chi connectivity index (χ3v) is 4.14. The second-order valence-electron chi connectivity index (χ2n) is 4.90. The quantitative estimate of drug-likeness (QED) is 0.886. The molecule has 0 aliphatic heterocycles. The molecule has 2 unspecified atom stereocenters. The molecule has 0 amide bonds. The largest absolute Gasteiger partial charge is 0.481 e. The molecule has 2 rings (SSSR count). The molecule has 100 valence electrons. The zero-order valence-corrected chi connectivity index (χ0v) is 11.3. The van der Waals surface area contributed by atoms with Gasteiger partial charge in [0.05, 0.1) is 11.5 Å². The van der Waals surface area contributed by atoms with Gasteiger partial charge in [0.1, 0.15) is 0 Å². The van der Waals surface area contributed by atoms with Crippen molar-refractivity contribution in [3.8, 4) is 0 Å². The molecule has 5 nitrogen and oxygen atoms in total.